The van der Waals surface area contributed by atoms with Crippen molar-refractivity contribution in [3.8, 4) is 0 Å². The number of likely N-dealkylation sites (N-methyl/N-ethyl adjacent to an activating group) is 1. The summed E-state index contributed by atoms with van der Waals surface area (Å²) in [5, 5.41) is 11.3. The highest BCUT2D eigenvalue weighted by Crippen LogP contribution is 2.32. The molecule has 1 aliphatic rings. The number of aryl methyl sites for hydroxylation is 1. The van der Waals surface area contributed by atoms with Gasteiger partial charge in [0, 0.05) is 31.9 Å². The molecule has 0 fully saturated rings. The molecule has 6 heteroatoms. The normalized spacial score (nSPS) is 18.9. The van der Waals surface area contributed by atoms with Crippen molar-refractivity contribution in [2.75, 3.05) is 18.5 Å². The highest BCUT2D eigenvalue weighted by atomic mass is 16.1. The van der Waals surface area contributed by atoms with Gasteiger partial charge in [0.1, 0.15) is 5.92 Å². The lowest BCUT2D eigenvalue weighted by molar-refractivity contribution is 0.0951. The minimum absolute atomic E-state index is 0.0848. The van der Waals surface area contributed by atoms with Crippen LogP contribution in [0.15, 0.2) is 24.3 Å². The lowest BCUT2D eigenvalue weighted by Gasteiger charge is -2.31. The molecule has 2 heterocycles. The lowest BCUT2D eigenvalue weighted by Crippen LogP contribution is -2.36. The number of Topliss-reactive ketones (excluding diaryl/α,β-unsaturated/α-hetero) is 1. The summed E-state index contributed by atoms with van der Waals surface area (Å²) in [7, 11) is 3.73. The van der Waals surface area contributed by atoms with Crippen LogP contribution < -0.4 is 4.90 Å². The Labute approximate surface area is 104 Å². The molecular weight excluding hydrogens is 230 g/mol. The number of para-hydroxylation sites is 1. The Morgan fingerprint density at radius 3 is 2.78 bits per heavy atom. The van der Waals surface area contributed by atoms with E-state index < -0.39 is 0 Å². The van der Waals surface area contributed by atoms with E-state index in [-0.39, 0.29) is 11.7 Å². The molecule has 18 heavy (non-hydrogen) atoms. The quantitative estimate of drug-likeness (QED) is 0.735. The molecule has 0 spiro atoms. The predicted molar refractivity (Wildman–Crippen MR) is 65.6 cm³/mol. The number of hydrogen-bond acceptors (Lipinski definition) is 5. The second-order valence-electron chi connectivity index (χ2n) is 4.48. The number of ketones is 1. The first kappa shape index (κ1) is 10.9. The van der Waals surface area contributed by atoms with Gasteiger partial charge in [-0.05, 0) is 22.6 Å². The summed E-state index contributed by atoms with van der Waals surface area (Å²) in [6.45, 7) is 0.601. The molecule has 0 bridgehead atoms. The molecule has 0 saturated heterocycles. The molecule has 1 atom stereocenters. The van der Waals surface area contributed by atoms with Crippen molar-refractivity contribution in [3.63, 3.8) is 0 Å². The fourth-order valence-corrected chi connectivity index (χ4v) is 2.39. The van der Waals surface area contributed by atoms with Gasteiger partial charge in [0.05, 0.1) is 0 Å². The number of carbonyl (C=O) groups is 1. The Hall–Kier alpha value is -2.24. The number of benzene rings is 1. The number of nitrogens with zero attached hydrogens (tertiary/aromatic N) is 5. The van der Waals surface area contributed by atoms with Crippen LogP contribution >= 0.6 is 0 Å². The van der Waals surface area contributed by atoms with Gasteiger partial charge in [-0.3, -0.25) is 4.79 Å². The predicted octanol–water partition coefficient (Wildman–Crippen LogP) is 0.626. The molecule has 92 valence electrons. The van der Waals surface area contributed by atoms with E-state index in [4.69, 9.17) is 0 Å². The van der Waals surface area contributed by atoms with Crippen LogP contribution in [-0.2, 0) is 7.05 Å². The summed E-state index contributed by atoms with van der Waals surface area (Å²) in [4.78, 5) is 14.5. The minimum Gasteiger partial charge on any atom is -0.373 e. The van der Waals surface area contributed by atoms with Gasteiger partial charge < -0.3 is 4.90 Å². The third-order valence-electron chi connectivity index (χ3n) is 3.32. The topological polar surface area (TPSA) is 63.9 Å². The number of hydrogen-bond donors (Lipinski definition) is 0. The van der Waals surface area contributed by atoms with Gasteiger partial charge in [0.25, 0.3) is 0 Å². The summed E-state index contributed by atoms with van der Waals surface area (Å²) in [6, 6.07) is 7.62. The summed E-state index contributed by atoms with van der Waals surface area (Å²) in [5.74, 6) is 0.396. The average Bonchev–Trinajstić information content (AvgIpc) is 2.80. The molecule has 0 aliphatic carbocycles. The van der Waals surface area contributed by atoms with Gasteiger partial charge in [-0.25, -0.2) is 4.68 Å². The number of rotatable bonds is 1. The second kappa shape index (κ2) is 3.90. The molecule has 1 aliphatic heterocycles. The van der Waals surface area contributed by atoms with Crippen molar-refractivity contribution < 1.29 is 4.79 Å². The van der Waals surface area contributed by atoms with Gasteiger partial charge in [-0.2, -0.15) is 0 Å². The fourth-order valence-electron chi connectivity index (χ4n) is 2.39. The van der Waals surface area contributed by atoms with Crippen LogP contribution in [0.4, 0.5) is 5.69 Å². The molecule has 1 aromatic carbocycles. The highest BCUT2D eigenvalue weighted by molar-refractivity contribution is 6.07. The lowest BCUT2D eigenvalue weighted by atomic mass is 9.91. The van der Waals surface area contributed by atoms with Crippen molar-refractivity contribution in [3.05, 3.63) is 35.7 Å². The van der Waals surface area contributed by atoms with Crippen LogP contribution in [-0.4, -0.2) is 39.6 Å². The Bertz CT molecular complexity index is 606. The van der Waals surface area contributed by atoms with E-state index in [1.807, 2.05) is 31.3 Å². The molecule has 0 amide bonds. The maximum atomic E-state index is 12.5. The van der Waals surface area contributed by atoms with Gasteiger partial charge in [-0.15, -0.1) is 5.10 Å². The first-order valence-electron chi connectivity index (χ1n) is 5.75. The fraction of sp³-hybridized carbons (Fsp3) is 0.333. The van der Waals surface area contributed by atoms with Crippen molar-refractivity contribution in [1.29, 1.82) is 0 Å². The summed E-state index contributed by atoms with van der Waals surface area (Å²) in [6.07, 6.45) is 0. The van der Waals surface area contributed by atoms with Crippen molar-refractivity contribution in [1.82, 2.24) is 20.2 Å². The van der Waals surface area contributed by atoms with Crippen LogP contribution in [0.1, 0.15) is 22.1 Å². The number of fused-ring (bicyclic) bond motifs is 1. The SMILES string of the molecule is CN1CC(c2nnnn2C)C(=O)c2ccccc21. The van der Waals surface area contributed by atoms with Crippen LogP contribution in [0, 0.1) is 0 Å². The standard InChI is InChI=1S/C12H13N5O/c1-16-7-9(12-13-14-15-17(12)2)11(18)8-5-3-4-6-10(8)16/h3-6,9H,7H2,1-2H3. The molecule has 6 nitrogen and oxygen atoms in total. The number of tetrazole rings is 1. The summed E-state index contributed by atoms with van der Waals surface area (Å²) in [5.41, 5.74) is 1.70. The van der Waals surface area contributed by atoms with Crippen LogP contribution in [0.3, 0.4) is 0 Å². The first-order chi connectivity index (χ1) is 8.68. The molecule has 0 N–H and O–H groups in total. The molecule has 3 rings (SSSR count). The van der Waals surface area contributed by atoms with Crippen molar-refractivity contribution >= 4 is 11.5 Å². The maximum Gasteiger partial charge on any atom is 0.177 e. The Balaban J connectivity index is 2.08. The smallest absolute Gasteiger partial charge is 0.177 e. The van der Waals surface area contributed by atoms with Crippen molar-refractivity contribution in [2.24, 2.45) is 7.05 Å². The molecular formula is C12H13N5O. The number of anilines is 1. The average molecular weight is 243 g/mol. The number of carbonyl (C=O) groups excluding carboxylic acids is 1. The molecule has 1 unspecified atom stereocenters. The second-order valence-corrected chi connectivity index (χ2v) is 4.48. The summed E-state index contributed by atoms with van der Waals surface area (Å²) < 4.78 is 1.56. The third-order valence-corrected chi connectivity index (χ3v) is 3.32. The zero-order valence-corrected chi connectivity index (χ0v) is 10.2. The van der Waals surface area contributed by atoms with Gasteiger partial charge in [0.15, 0.2) is 11.6 Å². The zero-order chi connectivity index (χ0) is 12.7. The zero-order valence-electron chi connectivity index (χ0n) is 10.2. The Kier molecular flexibility index (Phi) is 2.36. The maximum absolute atomic E-state index is 12.5. The largest absolute Gasteiger partial charge is 0.373 e. The van der Waals surface area contributed by atoms with Crippen molar-refractivity contribution in [2.45, 2.75) is 5.92 Å². The van der Waals surface area contributed by atoms with Gasteiger partial charge >= 0.3 is 0 Å². The van der Waals surface area contributed by atoms with E-state index in [0.29, 0.717) is 12.4 Å². The first-order valence-corrected chi connectivity index (χ1v) is 5.75. The van der Waals surface area contributed by atoms with Gasteiger partial charge in [0.2, 0.25) is 0 Å². The number of aromatic nitrogens is 4. The van der Waals surface area contributed by atoms with Gasteiger partial charge in [-0.1, -0.05) is 12.1 Å². The van der Waals surface area contributed by atoms with Crippen LogP contribution in [0.2, 0.25) is 0 Å². The van der Waals surface area contributed by atoms with E-state index in [1.165, 1.54) is 0 Å². The monoisotopic (exact) mass is 243 g/mol. The van der Waals surface area contributed by atoms with E-state index in [9.17, 15) is 4.79 Å². The molecule has 0 radical (unpaired) electrons. The van der Waals surface area contributed by atoms with E-state index in [1.54, 1.807) is 11.7 Å². The third kappa shape index (κ3) is 1.49. The minimum atomic E-state index is -0.301. The molecule has 0 saturated carbocycles. The summed E-state index contributed by atoms with van der Waals surface area (Å²) >= 11 is 0. The van der Waals surface area contributed by atoms with E-state index in [2.05, 4.69) is 20.4 Å². The molecule has 1 aromatic heterocycles. The Morgan fingerprint density at radius 1 is 1.28 bits per heavy atom. The Morgan fingerprint density at radius 2 is 2.06 bits per heavy atom. The van der Waals surface area contributed by atoms with Crippen LogP contribution in [0.5, 0.6) is 0 Å². The van der Waals surface area contributed by atoms with E-state index in [0.717, 1.165) is 11.3 Å². The van der Waals surface area contributed by atoms with E-state index >= 15 is 0 Å². The highest BCUT2D eigenvalue weighted by Gasteiger charge is 2.34. The van der Waals surface area contributed by atoms with Crippen LogP contribution in [0.25, 0.3) is 0 Å². The molecule has 2 aromatic rings.